The number of hydrogen-bond acceptors (Lipinski definition) is 2. The minimum absolute atomic E-state index is 0.0159. The van der Waals surface area contributed by atoms with Gasteiger partial charge in [-0.15, -0.1) is 0 Å². The van der Waals surface area contributed by atoms with Gasteiger partial charge in [-0.25, -0.2) is 0 Å². The molecule has 2 nitrogen and oxygen atoms in total. The third kappa shape index (κ3) is 2.02. The largest absolute Gasteiger partial charge is 0.399 e. The molecule has 0 aliphatic heterocycles. The summed E-state index contributed by atoms with van der Waals surface area (Å²) in [5.41, 5.74) is -0.500. The Balaban J connectivity index is 2.94. The summed E-state index contributed by atoms with van der Waals surface area (Å²) in [5, 5.41) is 9.36. The molecule has 1 unspecified atom stereocenters. The summed E-state index contributed by atoms with van der Waals surface area (Å²) in [4.78, 5) is 0. The second-order valence-corrected chi connectivity index (χ2v) is 10.3. The number of hydrogen-bond donors (Lipinski definition) is 0. The van der Waals surface area contributed by atoms with Crippen LogP contribution >= 0.6 is 0 Å². The van der Waals surface area contributed by atoms with Crippen molar-refractivity contribution in [2.24, 2.45) is 5.41 Å². The zero-order valence-corrected chi connectivity index (χ0v) is 11.0. The molecule has 1 rings (SSSR count). The quantitative estimate of drug-likeness (QED) is 0.656. The zero-order valence-electron chi connectivity index (χ0n) is 9.98. The SMILES string of the molecule is CC1(C)CCCC1(C#N)O[Si](C)(C)C. The van der Waals surface area contributed by atoms with Crippen molar-refractivity contribution in [3.05, 3.63) is 0 Å². The van der Waals surface area contributed by atoms with Crippen LogP contribution in [0.1, 0.15) is 33.1 Å². The lowest BCUT2D eigenvalue weighted by Crippen LogP contribution is -2.48. The van der Waals surface area contributed by atoms with E-state index in [1.165, 1.54) is 0 Å². The van der Waals surface area contributed by atoms with Crippen LogP contribution in [0.5, 0.6) is 0 Å². The Bertz CT molecular complexity index is 261. The highest BCUT2D eigenvalue weighted by Crippen LogP contribution is 2.49. The molecule has 80 valence electrons. The molecule has 1 atom stereocenters. The fraction of sp³-hybridized carbons (Fsp3) is 0.909. The van der Waals surface area contributed by atoms with Crippen molar-refractivity contribution in [3.8, 4) is 6.07 Å². The fourth-order valence-corrected chi connectivity index (χ4v) is 3.73. The minimum atomic E-state index is -1.63. The van der Waals surface area contributed by atoms with E-state index in [0.29, 0.717) is 0 Å². The first-order valence-electron chi connectivity index (χ1n) is 5.34. The lowest BCUT2D eigenvalue weighted by atomic mass is 9.79. The number of nitrogens with zero attached hydrogens (tertiary/aromatic N) is 1. The highest BCUT2D eigenvalue weighted by Gasteiger charge is 2.52. The predicted molar refractivity (Wildman–Crippen MR) is 60.4 cm³/mol. The van der Waals surface area contributed by atoms with Gasteiger partial charge in [0.1, 0.15) is 5.60 Å². The maximum atomic E-state index is 9.36. The van der Waals surface area contributed by atoms with Crippen LogP contribution in [0.25, 0.3) is 0 Å². The molecule has 0 amide bonds. The average Bonchev–Trinajstić information content (AvgIpc) is 2.24. The van der Waals surface area contributed by atoms with Crippen LogP contribution in [0.4, 0.5) is 0 Å². The van der Waals surface area contributed by atoms with Gasteiger partial charge in [-0.05, 0) is 38.9 Å². The molecule has 3 heteroatoms. The summed E-state index contributed by atoms with van der Waals surface area (Å²) in [6.45, 7) is 10.8. The molecular weight excluding hydrogens is 190 g/mol. The van der Waals surface area contributed by atoms with E-state index in [2.05, 4.69) is 39.6 Å². The monoisotopic (exact) mass is 211 g/mol. The molecule has 0 aromatic rings. The first kappa shape index (κ1) is 11.7. The Hall–Kier alpha value is -0.333. The first-order valence-corrected chi connectivity index (χ1v) is 8.75. The highest BCUT2D eigenvalue weighted by molar-refractivity contribution is 6.69. The summed E-state index contributed by atoms with van der Waals surface area (Å²) in [6.07, 6.45) is 3.12. The van der Waals surface area contributed by atoms with E-state index in [0.717, 1.165) is 19.3 Å². The summed E-state index contributed by atoms with van der Waals surface area (Å²) in [7, 11) is -1.63. The van der Waals surface area contributed by atoms with Gasteiger partial charge in [-0.2, -0.15) is 5.26 Å². The molecule has 0 saturated heterocycles. The molecule has 0 radical (unpaired) electrons. The van der Waals surface area contributed by atoms with Gasteiger partial charge in [-0.3, -0.25) is 0 Å². The average molecular weight is 211 g/mol. The van der Waals surface area contributed by atoms with Crippen molar-refractivity contribution in [2.45, 2.75) is 58.4 Å². The Morgan fingerprint density at radius 2 is 1.79 bits per heavy atom. The van der Waals surface area contributed by atoms with Crippen LogP contribution < -0.4 is 0 Å². The number of nitriles is 1. The van der Waals surface area contributed by atoms with Gasteiger partial charge < -0.3 is 4.43 Å². The Morgan fingerprint density at radius 3 is 2.07 bits per heavy atom. The van der Waals surface area contributed by atoms with E-state index in [1.807, 2.05) is 0 Å². The fourth-order valence-electron chi connectivity index (χ4n) is 2.26. The van der Waals surface area contributed by atoms with Gasteiger partial charge in [0.25, 0.3) is 0 Å². The molecule has 0 aromatic carbocycles. The van der Waals surface area contributed by atoms with Crippen molar-refractivity contribution >= 4 is 8.32 Å². The maximum absolute atomic E-state index is 9.36. The zero-order chi connectivity index (χ0) is 11.0. The van der Waals surface area contributed by atoms with Crippen LogP contribution in [0.15, 0.2) is 0 Å². The van der Waals surface area contributed by atoms with Gasteiger partial charge in [-0.1, -0.05) is 13.8 Å². The summed E-state index contributed by atoms with van der Waals surface area (Å²) in [5.74, 6) is 0. The minimum Gasteiger partial charge on any atom is -0.399 e. The summed E-state index contributed by atoms with van der Waals surface area (Å²) in [6, 6.07) is 2.44. The summed E-state index contributed by atoms with van der Waals surface area (Å²) < 4.78 is 6.13. The number of rotatable bonds is 2. The molecule has 0 aromatic heterocycles. The van der Waals surface area contributed by atoms with Crippen molar-refractivity contribution in [3.63, 3.8) is 0 Å². The molecule has 1 aliphatic carbocycles. The normalized spacial score (nSPS) is 31.4. The standard InChI is InChI=1S/C11H21NOSi/c1-10(2)7-6-8-11(10,9-12)13-14(3,4)5/h6-8H2,1-5H3. The third-order valence-corrected chi connectivity index (χ3v) is 4.05. The van der Waals surface area contributed by atoms with Crippen molar-refractivity contribution < 1.29 is 4.43 Å². The Morgan fingerprint density at radius 1 is 1.21 bits per heavy atom. The van der Waals surface area contributed by atoms with E-state index >= 15 is 0 Å². The van der Waals surface area contributed by atoms with Crippen LogP contribution in [0.3, 0.4) is 0 Å². The molecule has 14 heavy (non-hydrogen) atoms. The second kappa shape index (κ2) is 3.36. The lowest BCUT2D eigenvalue weighted by Gasteiger charge is -2.40. The van der Waals surface area contributed by atoms with Crippen LogP contribution in [-0.4, -0.2) is 13.9 Å². The van der Waals surface area contributed by atoms with Gasteiger partial charge in [0.15, 0.2) is 8.32 Å². The molecule has 0 bridgehead atoms. The van der Waals surface area contributed by atoms with E-state index < -0.39 is 13.9 Å². The van der Waals surface area contributed by atoms with Gasteiger partial charge >= 0.3 is 0 Å². The molecule has 0 spiro atoms. The molecule has 1 fully saturated rings. The van der Waals surface area contributed by atoms with Crippen molar-refractivity contribution in [1.29, 1.82) is 5.26 Å². The van der Waals surface area contributed by atoms with E-state index in [9.17, 15) is 5.26 Å². The van der Waals surface area contributed by atoms with E-state index in [1.54, 1.807) is 0 Å². The third-order valence-electron chi connectivity index (χ3n) is 3.08. The van der Waals surface area contributed by atoms with Crippen molar-refractivity contribution in [2.75, 3.05) is 0 Å². The smallest absolute Gasteiger partial charge is 0.185 e. The van der Waals surface area contributed by atoms with Gasteiger partial charge in [0, 0.05) is 5.41 Å². The molecule has 0 heterocycles. The Labute approximate surface area is 88.4 Å². The van der Waals surface area contributed by atoms with Gasteiger partial charge in [0.2, 0.25) is 0 Å². The lowest BCUT2D eigenvalue weighted by molar-refractivity contribution is 0.0276. The van der Waals surface area contributed by atoms with Crippen LogP contribution in [-0.2, 0) is 4.43 Å². The van der Waals surface area contributed by atoms with E-state index in [4.69, 9.17) is 4.43 Å². The molecular formula is C11H21NOSi. The molecule has 1 saturated carbocycles. The highest BCUT2D eigenvalue weighted by atomic mass is 28.4. The van der Waals surface area contributed by atoms with Crippen molar-refractivity contribution in [1.82, 2.24) is 0 Å². The summed E-state index contributed by atoms with van der Waals surface area (Å²) >= 11 is 0. The van der Waals surface area contributed by atoms with E-state index in [-0.39, 0.29) is 5.41 Å². The van der Waals surface area contributed by atoms with Crippen LogP contribution in [0, 0.1) is 16.7 Å². The first-order chi connectivity index (χ1) is 6.22. The maximum Gasteiger partial charge on any atom is 0.185 e. The van der Waals surface area contributed by atoms with Gasteiger partial charge in [0.05, 0.1) is 6.07 Å². The second-order valence-electron chi connectivity index (χ2n) is 5.89. The topological polar surface area (TPSA) is 33.0 Å². The predicted octanol–water partition coefficient (Wildman–Crippen LogP) is 3.31. The molecule has 1 aliphatic rings. The Kier molecular flexibility index (Phi) is 2.81. The molecule has 0 N–H and O–H groups in total. The van der Waals surface area contributed by atoms with Crippen LogP contribution in [0.2, 0.25) is 19.6 Å².